The number of methoxy groups -OCH3 is 1. The highest BCUT2D eigenvalue weighted by molar-refractivity contribution is 5.89. The molecule has 0 N–H and O–H groups in total. The van der Waals surface area contributed by atoms with E-state index in [1.165, 1.54) is 11.1 Å². The monoisotopic (exact) mass is 447 g/mol. The predicted octanol–water partition coefficient (Wildman–Crippen LogP) is 6.20. The lowest BCUT2D eigenvalue weighted by molar-refractivity contribution is 0.275. The Labute approximate surface area is 195 Å². The largest absolute Gasteiger partial charge is 0.497 e. The van der Waals surface area contributed by atoms with Crippen LogP contribution in [0.3, 0.4) is 0 Å². The summed E-state index contributed by atoms with van der Waals surface area (Å²) in [7, 11) is 3.34. The molecule has 0 aliphatic rings. The molecule has 0 fully saturated rings. The fraction of sp³-hybridized carbons (Fsp3) is 0.321. The Hall–Kier alpha value is -3.47. The smallest absolute Gasteiger partial charge is 0.297 e. The third-order valence-corrected chi connectivity index (χ3v) is 5.49. The average Bonchev–Trinajstić information content (AvgIpc) is 2.81. The summed E-state index contributed by atoms with van der Waals surface area (Å²) in [5.41, 5.74) is 4.04. The molecule has 0 saturated heterocycles. The molecule has 0 atom stereocenters. The van der Waals surface area contributed by atoms with Crippen molar-refractivity contribution in [3.63, 3.8) is 0 Å². The molecule has 3 aromatic rings. The van der Waals surface area contributed by atoms with Crippen molar-refractivity contribution in [1.29, 1.82) is 0 Å². The Morgan fingerprint density at radius 1 is 0.970 bits per heavy atom. The van der Waals surface area contributed by atoms with Crippen LogP contribution in [0.5, 0.6) is 17.2 Å². The van der Waals surface area contributed by atoms with Crippen molar-refractivity contribution in [2.45, 2.75) is 40.2 Å². The van der Waals surface area contributed by atoms with Gasteiger partial charge in [-0.15, -0.1) is 0 Å². The van der Waals surface area contributed by atoms with Crippen LogP contribution < -0.4 is 19.8 Å². The second-order valence-electron chi connectivity index (χ2n) is 8.36. The maximum absolute atomic E-state index is 13.2. The van der Waals surface area contributed by atoms with E-state index in [1.807, 2.05) is 54.6 Å². The van der Waals surface area contributed by atoms with E-state index >= 15 is 0 Å². The van der Waals surface area contributed by atoms with E-state index in [-0.39, 0.29) is 11.3 Å². The molecule has 3 rings (SSSR count). The third kappa shape index (κ3) is 6.28. The highest BCUT2D eigenvalue weighted by Gasteiger charge is 2.19. The Bertz CT molecular complexity index is 1200. The normalized spacial score (nSPS) is 11.4. The first kappa shape index (κ1) is 24.2. The van der Waals surface area contributed by atoms with Crippen LogP contribution in [0.1, 0.15) is 39.2 Å². The van der Waals surface area contributed by atoms with Gasteiger partial charge in [-0.05, 0) is 57.4 Å². The van der Waals surface area contributed by atoms with E-state index in [0.717, 1.165) is 29.3 Å². The number of hydrogen-bond donors (Lipinski definition) is 0. The summed E-state index contributed by atoms with van der Waals surface area (Å²) >= 11 is 0. The first-order chi connectivity index (χ1) is 15.9. The maximum atomic E-state index is 13.2. The first-order valence-electron chi connectivity index (χ1n) is 11.2. The molecule has 5 nitrogen and oxygen atoms in total. The molecular weight excluding hydrogens is 414 g/mol. The molecule has 0 saturated carbocycles. The fourth-order valence-corrected chi connectivity index (χ4v) is 3.55. The number of allylic oxidation sites excluding steroid dienone is 3. The highest BCUT2D eigenvalue weighted by Crippen LogP contribution is 2.35. The highest BCUT2D eigenvalue weighted by atomic mass is 16.5. The molecule has 0 aliphatic carbocycles. The van der Waals surface area contributed by atoms with Crippen molar-refractivity contribution >= 4 is 10.9 Å². The summed E-state index contributed by atoms with van der Waals surface area (Å²) in [5.74, 6) is 1.35. The number of benzene rings is 2. The van der Waals surface area contributed by atoms with Crippen LogP contribution in [-0.4, -0.2) is 18.3 Å². The van der Waals surface area contributed by atoms with Crippen LogP contribution in [0.4, 0.5) is 0 Å². The number of fused-ring (bicyclic) bond motifs is 1. The van der Waals surface area contributed by atoms with Crippen molar-refractivity contribution in [2.24, 2.45) is 7.05 Å². The molecule has 1 aromatic heterocycles. The van der Waals surface area contributed by atoms with Crippen LogP contribution in [-0.2, 0) is 13.7 Å². The van der Waals surface area contributed by atoms with E-state index in [2.05, 4.69) is 26.8 Å². The molecular formula is C28H33NO4. The lowest BCUT2D eigenvalue weighted by atomic mass is 10.1. The number of hydrogen-bond acceptors (Lipinski definition) is 4. The van der Waals surface area contributed by atoms with Crippen LogP contribution >= 0.6 is 0 Å². The lowest BCUT2D eigenvalue weighted by Crippen LogP contribution is -2.21. The van der Waals surface area contributed by atoms with Gasteiger partial charge < -0.3 is 18.8 Å². The zero-order valence-electron chi connectivity index (χ0n) is 20.2. The molecule has 33 heavy (non-hydrogen) atoms. The molecule has 0 radical (unpaired) electrons. The van der Waals surface area contributed by atoms with Gasteiger partial charge >= 0.3 is 0 Å². The maximum Gasteiger partial charge on any atom is 0.297 e. The molecule has 0 amide bonds. The standard InChI is InChI=1S/C28H33NO4/c1-20(2)10-9-11-21(3)16-17-32-27-26(33-19-22-12-7-6-8-13-22)24-15-14-23(31-5)18-25(24)29(4)28(27)30/h6-8,10,12-16,18H,9,11,17,19H2,1-5H3/b21-16+. The van der Waals surface area contributed by atoms with Gasteiger partial charge in [-0.3, -0.25) is 4.79 Å². The van der Waals surface area contributed by atoms with Crippen LogP contribution in [0.15, 0.2) is 76.6 Å². The van der Waals surface area contributed by atoms with E-state index in [4.69, 9.17) is 14.2 Å². The van der Waals surface area contributed by atoms with Gasteiger partial charge in [0, 0.05) is 18.5 Å². The number of nitrogens with zero attached hydrogens (tertiary/aromatic N) is 1. The summed E-state index contributed by atoms with van der Waals surface area (Å²) in [5, 5.41) is 0.799. The number of aromatic nitrogens is 1. The van der Waals surface area contributed by atoms with Crippen molar-refractivity contribution in [3.05, 3.63) is 87.7 Å². The number of rotatable bonds is 10. The quantitative estimate of drug-likeness (QED) is 0.347. The Morgan fingerprint density at radius 2 is 1.73 bits per heavy atom. The Kier molecular flexibility index (Phi) is 8.36. The number of ether oxygens (including phenoxy) is 3. The lowest BCUT2D eigenvalue weighted by Gasteiger charge is -2.17. The van der Waals surface area contributed by atoms with Crippen LogP contribution in [0, 0.1) is 0 Å². The van der Waals surface area contributed by atoms with Gasteiger partial charge in [0.05, 0.1) is 12.6 Å². The van der Waals surface area contributed by atoms with Gasteiger partial charge in [-0.25, -0.2) is 0 Å². The fourth-order valence-electron chi connectivity index (χ4n) is 3.55. The summed E-state index contributed by atoms with van der Waals surface area (Å²) in [6.45, 7) is 6.93. The average molecular weight is 448 g/mol. The number of pyridine rings is 1. The molecule has 2 aromatic carbocycles. The molecule has 0 unspecified atom stereocenters. The van der Waals surface area contributed by atoms with E-state index < -0.39 is 0 Å². The first-order valence-corrected chi connectivity index (χ1v) is 11.2. The molecule has 174 valence electrons. The Balaban J connectivity index is 1.93. The minimum atomic E-state index is -0.241. The topological polar surface area (TPSA) is 49.7 Å². The van der Waals surface area contributed by atoms with Crippen molar-refractivity contribution in [2.75, 3.05) is 13.7 Å². The minimum Gasteiger partial charge on any atom is -0.497 e. The summed E-state index contributed by atoms with van der Waals surface area (Å²) < 4.78 is 19.1. The zero-order chi connectivity index (χ0) is 23.8. The van der Waals surface area contributed by atoms with E-state index in [0.29, 0.717) is 24.7 Å². The summed E-state index contributed by atoms with van der Waals surface area (Å²) in [4.78, 5) is 13.2. The molecule has 5 heteroatoms. The van der Waals surface area contributed by atoms with E-state index in [9.17, 15) is 4.79 Å². The SMILES string of the molecule is COc1ccc2c(OCc3ccccc3)c(OC/C=C(\C)CCC=C(C)C)c(=O)n(C)c2c1. The van der Waals surface area contributed by atoms with Crippen molar-refractivity contribution in [1.82, 2.24) is 4.57 Å². The summed E-state index contributed by atoms with van der Waals surface area (Å²) in [6, 6.07) is 15.5. The van der Waals surface area contributed by atoms with Gasteiger partial charge in [0.2, 0.25) is 5.75 Å². The molecule has 0 bridgehead atoms. The van der Waals surface area contributed by atoms with Crippen molar-refractivity contribution in [3.8, 4) is 17.2 Å². The van der Waals surface area contributed by atoms with Gasteiger partial charge in [0.25, 0.3) is 5.56 Å². The van der Waals surface area contributed by atoms with Gasteiger partial charge in [-0.2, -0.15) is 0 Å². The van der Waals surface area contributed by atoms with Crippen LogP contribution in [0.2, 0.25) is 0 Å². The zero-order valence-corrected chi connectivity index (χ0v) is 20.2. The van der Waals surface area contributed by atoms with Crippen molar-refractivity contribution < 1.29 is 14.2 Å². The second-order valence-corrected chi connectivity index (χ2v) is 8.36. The second kappa shape index (κ2) is 11.4. The predicted molar refractivity (Wildman–Crippen MR) is 134 cm³/mol. The minimum absolute atomic E-state index is 0.222. The molecule has 1 heterocycles. The Morgan fingerprint density at radius 3 is 2.42 bits per heavy atom. The van der Waals surface area contributed by atoms with Crippen LogP contribution in [0.25, 0.3) is 10.9 Å². The summed E-state index contributed by atoms with van der Waals surface area (Å²) in [6.07, 6.45) is 6.20. The van der Waals surface area contributed by atoms with Gasteiger partial charge in [0.15, 0.2) is 5.75 Å². The van der Waals surface area contributed by atoms with Gasteiger partial charge in [0.1, 0.15) is 19.0 Å². The number of aryl methyl sites for hydroxylation is 1. The van der Waals surface area contributed by atoms with Gasteiger partial charge in [-0.1, -0.05) is 47.6 Å². The third-order valence-electron chi connectivity index (χ3n) is 5.49. The van der Waals surface area contributed by atoms with E-state index in [1.54, 1.807) is 18.7 Å². The molecule has 0 spiro atoms. The molecule has 0 aliphatic heterocycles.